The molecule has 3 heteroatoms. The molecule has 0 atom stereocenters. The van der Waals surface area contributed by atoms with Gasteiger partial charge in [0.25, 0.3) is 0 Å². The summed E-state index contributed by atoms with van der Waals surface area (Å²) in [6, 6.07) is 17.2. The van der Waals surface area contributed by atoms with Crippen molar-refractivity contribution in [1.29, 1.82) is 0 Å². The summed E-state index contributed by atoms with van der Waals surface area (Å²) in [5.41, 5.74) is 5.24. The van der Waals surface area contributed by atoms with Gasteiger partial charge in [0.05, 0.1) is 11.3 Å². The molecule has 0 spiro atoms. The Bertz CT molecular complexity index is 865. The number of nitrogens with zero attached hydrogens (tertiary/aromatic N) is 1. The first-order valence-electron chi connectivity index (χ1n) is 7.85. The number of pyridine rings is 1. The van der Waals surface area contributed by atoms with E-state index in [0.29, 0.717) is 11.3 Å². The van der Waals surface area contributed by atoms with Crippen LogP contribution in [0.4, 0.5) is 0 Å². The van der Waals surface area contributed by atoms with E-state index in [9.17, 15) is 4.79 Å². The van der Waals surface area contributed by atoms with E-state index in [2.05, 4.69) is 4.98 Å². The van der Waals surface area contributed by atoms with E-state index in [1.807, 2.05) is 75.4 Å². The highest BCUT2D eigenvalue weighted by molar-refractivity contribution is 5.92. The van der Waals surface area contributed by atoms with Crippen LogP contribution in [0, 0.1) is 20.8 Å². The molecule has 0 saturated carbocycles. The summed E-state index contributed by atoms with van der Waals surface area (Å²) in [6.07, 6.45) is 1.73. The number of rotatable bonds is 3. The maximum Gasteiger partial charge on any atom is 0.343 e. The Balaban J connectivity index is 1.97. The third-order valence-electron chi connectivity index (χ3n) is 3.74. The lowest BCUT2D eigenvalue weighted by Crippen LogP contribution is -2.10. The number of hydrogen-bond acceptors (Lipinski definition) is 3. The molecule has 0 aliphatic rings. The van der Waals surface area contributed by atoms with Gasteiger partial charge in [-0.1, -0.05) is 29.3 Å². The highest BCUT2D eigenvalue weighted by Crippen LogP contribution is 2.30. The van der Waals surface area contributed by atoms with E-state index >= 15 is 0 Å². The Morgan fingerprint density at radius 3 is 2.29 bits per heavy atom. The van der Waals surface area contributed by atoms with Crippen molar-refractivity contribution in [2.45, 2.75) is 20.8 Å². The summed E-state index contributed by atoms with van der Waals surface area (Å²) in [5, 5.41) is 0. The molecule has 0 saturated heterocycles. The molecule has 120 valence electrons. The first kappa shape index (κ1) is 15.9. The number of ether oxygens (including phenoxy) is 1. The minimum absolute atomic E-state index is 0.357. The molecule has 1 aromatic heterocycles. The standard InChI is InChI=1S/C21H19NO2/c1-14-7-8-18(19-6-4-5-9-22-19)20(13-14)24-21(23)17-11-15(2)10-16(3)12-17/h4-13H,1-3H3. The Hall–Kier alpha value is -2.94. The monoisotopic (exact) mass is 317 g/mol. The molecule has 1 heterocycles. The number of hydrogen-bond donors (Lipinski definition) is 0. The predicted molar refractivity (Wildman–Crippen MR) is 95.3 cm³/mol. The number of benzene rings is 2. The summed E-state index contributed by atoms with van der Waals surface area (Å²) in [6.45, 7) is 5.90. The largest absolute Gasteiger partial charge is 0.422 e. The van der Waals surface area contributed by atoms with E-state index in [1.165, 1.54) is 0 Å². The molecule has 0 amide bonds. The lowest BCUT2D eigenvalue weighted by Gasteiger charge is -2.11. The van der Waals surface area contributed by atoms with Gasteiger partial charge < -0.3 is 4.74 Å². The first-order valence-corrected chi connectivity index (χ1v) is 7.85. The average Bonchev–Trinajstić information content (AvgIpc) is 2.55. The van der Waals surface area contributed by atoms with Crippen LogP contribution in [0.25, 0.3) is 11.3 Å². The Labute approximate surface area is 142 Å². The summed E-state index contributed by atoms with van der Waals surface area (Å²) >= 11 is 0. The molecule has 0 aliphatic carbocycles. The van der Waals surface area contributed by atoms with Gasteiger partial charge in [-0.2, -0.15) is 0 Å². The van der Waals surface area contributed by atoms with Crippen molar-refractivity contribution < 1.29 is 9.53 Å². The first-order chi connectivity index (χ1) is 11.5. The second kappa shape index (κ2) is 6.67. The van der Waals surface area contributed by atoms with Gasteiger partial charge in [-0.25, -0.2) is 4.79 Å². The zero-order valence-corrected chi connectivity index (χ0v) is 14.0. The molecule has 3 rings (SSSR count). The van der Waals surface area contributed by atoms with Gasteiger partial charge in [-0.05, 0) is 62.7 Å². The fraction of sp³-hybridized carbons (Fsp3) is 0.143. The third kappa shape index (κ3) is 3.51. The number of carbonyl (C=O) groups is 1. The summed E-state index contributed by atoms with van der Waals surface area (Å²) in [4.78, 5) is 16.9. The maximum absolute atomic E-state index is 12.6. The molecular formula is C21H19NO2. The maximum atomic E-state index is 12.6. The SMILES string of the molecule is Cc1cc(C)cc(C(=O)Oc2cc(C)ccc2-c2ccccn2)c1. The van der Waals surface area contributed by atoms with Crippen LogP contribution >= 0.6 is 0 Å². The van der Waals surface area contributed by atoms with Gasteiger partial charge in [0.1, 0.15) is 5.75 Å². The topological polar surface area (TPSA) is 39.2 Å². The summed E-state index contributed by atoms with van der Waals surface area (Å²) in [5.74, 6) is 0.169. The van der Waals surface area contributed by atoms with Crippen LogP contribution in [-0.2, 0) is 0 Å². The Morgan fingerprint density at radius 2 is 1.62 bits per heavy atom. The van der Waals surface area contributed by atoms with Crippen LogP contribution in [0.15, 0.2) is 60.8 Å². The van der Waals surface area contributed by atoms with E-state index in [1.54, 1.807) is 6.20 Å². The molecule has 24 heavy (non-hydrogen) atoms. The van der Waals surface area contributed by atoms with Crippen LogP contribution in [0.2, 0.25) is 0 Å². The Morgan fingerprint density at radius 1 is 0.875 bits per heavy atom. The number of aromatic nitrogens is 1. The van der Waals surface area contributed by atoms with Crippen LogP contribution < -0.4 is 4.74 Å². The van der Waals surface area contributed by atoms with Crippen molar-refractivity contribution in [3.63, 3.8) is 0 Å². The zero-order chi connectivity index (χ0) is 17.1. The van der Waals surface area contributed by atoms with Gasteiger partial charge in [0.2, 0.25) is 0 Å². The van der Waals surface area contributed by atoms with Crippen LogP contribution in [0.3, 0.4) is 0 Å². The van der Waals surface area contributed by atoms with Crippen molar-refractivity contribution >= 4 is 5.97 Å². The second-order valence-corrected chi connectivity index (χ2v) is 5.98. The van der Waals surface area contributed by atoms with Crippen LogP contribution in [-0.4, -0.2) is 11.0 Å². The highest BCUT2D eigenvalue weighted by Gasteiger charge is 2.14. The van der Waals surface area contributed by atoms with Crippen LogP contribution in [0.5, 0.6) is 5.75 Å². The quantitative estimate of drug-likeness (QED) is 0.510. The van der Waals surface area contributed by atoms with Gasteiger partial charge in [-0.3, -0.25) is 4.98 Å². The molecule has 3 nitrogen and oxygen atoms in total. The van der Waals surface area contributed by atoms with E-state index in [0.717, 1.165) is 27.9 Å². The van der Waals surface area contributed by atoms with E-state index < -0.39 is 0 Å². The molecule has 3 aromatic rings. The molecular weight excluding hydrogens is 298 g/mol. The smallest absolute Gasteiger partial charge is 0.343 e. The van der Waals surface area contributed by atoms with E-state index in [4.69, 9.17) is 4.74 Å². The zero-order valence-electron chi connectivity index (χ0n) is 14.0. The number of esters is 1. The average molecular weight is 317 g/mol. The lowest BCUT2D eigenvalue weighted by molar-refractivity contribution is 0.0735. The molecule has 0 radical (unpaired) electrons. The summed E-state index contributed by atoms with van der Waals surface area (Å²) < 4.78 is 5.70. The van der Waals surface area contributed by atoms with Gasteiger partial charge >= 0.3 is 5.97 Å². The minimum atomic E-state index is -0.357. The van der Waals surface area contributed by atoms with Crippen molar-refractivity contribution in [3.05, 3.63) is 83.0 Å². The number of aryl methyl sites for hydroxylation is 3. The summed E-state index contributed by atoms with van der Waals surface area (Å²) in [7, 11) is 0. The number of carbonyl (C=O) groups excluding carboxylic acids is 1. The highest BCUT2D eigenvalue weighted by atomic mass is 16.5. The van der Waals surface area contributed by atoms with Crippen LogP contribution in [0.1, 0.15) is 27.0 Å². The predicted octanol–water partition coefficient (Wildman–Crippen LogP) is 4.89. The molecule has 0 unspecified atom stereocenters. The molecule has 0 fully saturated rings. The van der Waals surface area contributed by atoms with Gasteiger partial charge in [0.15, 0.2) is 0 Å². The second-order valence-electron chi connectivity index (χ2n) is 5.98. The molecule has 0 aliphatic heterocycles. The van der Waals surface area contributed by atoms with Gasteiger partial charge in [0, 0.05) is 11.8 Å². The van der Waals surface area contributed by atoms with Crippen molar-refractivity contribution in [3.8, 4) is 17.0 Å². The Kier molecular flexibility index (Phi) is 4.43. The molecule has 0 bridgehead atoms. The third-order valence-corrected chi connectivity index (χ3v) is 3.74. The van der Waals surface area contributed by atoms with Crippen molar-refractivity contribution in [1.82, 2.24) is 4.98 Å². The van der Waals surface area contributed by atoms with E-state index in [-0.39, 0.29) is 5.97 Å². The lowest BCUT2D eigenvalue weighted by atomic mass is 10.1. The molecule has 0 N–H and O–H groups in total. The molecule has 2 aromatic carbocycles. The minimum Gasteiger partial charge on any atom is -0.422 e. The fourth-order valence-electron chi connectivity index (χ4n) is 2.70. The fourth-order valence-corrected chi connectivity index (χ4v) is 2.70. The van der Waals surface area contributed by atoms with Crippen molar-refractivity contribution in [2.24, 2.45) is 0 Å². The van der Waals surface area contributed by atoms with Crippen molar-refractivity contribution in [2.75, 3.05) is 0 Å². The normalized spacial score (nSPS) is 10.5. The van der Waals surface area contributed by atoms with Gasteiger partial charge in [-0.15, -0.1) is 0 Å².